The number of fused-ring (bicyclic) bond motifs is 1. The number of nitrogens with one attached hydrogen (secondary N) is 2. The van der Waals surface area contributed by atoms with E-state index in [9.17, 15) is 9.18 Å². The Labute approximate surface area is 189 Å². The first-order valence-electron chi connectivity index (χ1n) is 10.2. The predicted molar refractivity (Wildman–Crippen MR) is 126 cm³/mol. The van der Waals surface area contributed by atoms with Crippen molar-refractivity contribution < 1.29 is 9.18 Å². The summed E-state index contributed by atoms with van der Waals surface area (Å²) in [5, 5.41) is 10.1. The summed E-state index contributed by atoms with van der Waals surface area (Å²) in [6.07, 6.45) is 4.47. The van der Waals surface area contributed by atoms with Crippen LogP contribution >= 0.6 is 11.3 Å². The highest BCUT2D eigenvalue weighted by atomic mass is 32.1. The minimum atomic E-state index is -0.301. The van der Waals surface area contributed by atoms with Gasteiger partial charge in [0.15, 0.2) is 0 Å². The minimum Gasteiger partial charge on any atom is -0.343 e. The van der Waals surface area contributed by atoms with Gasteiger partial charge >= 0.3 is 0 Å². The van der Waals surface area contributed by atoms with E-state index in [0.29, 0.717) is 11.6 Å². The third kappa shape index (κ3) is 5.43. The number of rotatable bonds is 4. The number of carbonyl (C=O) groups excluding carboxylic acids is 1. The topological polar surface area (TPSA) is 83.0 Å². The lowest BCUT2D eigenvalue weighted by molar-refractivity contribution is -0.118. The summed E-state index contributed by atoms with van der Waals surface area (Å²) in [5.41, 5.74) is 3.65. The number of hydrogen-bond donors (Lipinski definition) is 2. The van der Waals surface area contributed by atoms with Gasteiger partial charge in [-0.15, -0.1) is 11.3 Å². The van der Waals surface area contributed by atoms with Crippen LogP contribution in [0.4, 0.5) is 16.0 Å². The molecule has 5 rings (SSSR count). The largest absolute Gasteiger partial charge is 0.343 e. The SMILES string of the molecule is Cc1cc2nc(Nc3cccc(F)c3)ncc2cc1-c1nccs1.O=CN1CCNCC1. The van der Waals surface area contributed by atoms with Gasteiger partial charge in [-0.2, -0.15) is 0 Å². The van der Waals surface area contributed by atoms with Crippen molar-refractivity contribution in [1.29, 1.82) is 0 Å². The second-order valence-corrected chi connectivity index (χ2v) is 8.18. The third-order valence-corrected chi connectivity index (χ3v) is 5.78. The maximum Gasteiger partial charge on any atom is 0.227 e. The molecule has 0 spiro atoms. The quantitative estimate of drug-likeness (QED) is 0.458. The lowest BCUT2D eigenvalue weighted by Gasteiger charge is -2.22. The molecule has 1 fully saturated rings. The highest BCUT2D eigenvalue weighted by molar-refractivity contribution is 7.13. The van der Waals surface area contributed by atoms with Gasteiger partial charge in [-0.3, -0.25) is 4.79 Å². The Kier molecular flexibility index (Phi) is 6.98. The second-order valence-electron chi connectivity index (χ2n) is 7.28. The fourth-order valence-electron chi connectivity index (χ4n) is 3.31. The number of aryl methyl sites for hydroxylation is 1. The molecule has 7 nitrogen and oxygen atoms in total. The lowest BCUT2D eigenvalue weighted by Crippen LogP contribution is -2.42. The van der Waals surface area contributed by atoms with Gasteiger partial charge in [0.05, 0.1) is 5.52 Å². The molecule has 0 bridgehead atoms. The number of thiazole rings is 1. The highest BCUT2D eigenvalue weighted by Crippen LogP contribution is 2.29. The number of aromatic nitrogens is 3. The minimum absolute atomic E-state index is 0.301. The maximum absolute atomic E-state index is 13.3. The van der Waals surface area contributed by atoms with Crippen molar-refractivity contribution in [2.24, 2.45) is 0 Å². The summed E-state index contributed by atoms with van der Waals surface area (Å²) in [6, 6.07) is 10.3. The number of nitrogens with zero attached hydrogens (tertiary/aromatic N) is 4. The summed E-state index contributed by atoms with van der Waals surface area (Å²) in [6.45, 7) is 5.66. The molecule has 2 aromatic carbocycles. The number of hydrogen-bond acceptors (Lipinski definition) is 7. The molecule has 0 radical (unpaired) electrons. The average molecular weight is 451 g/mol. The highest BCUT2D eigenvalue weighted by Gasteiger charge is 2.09. The Morgan fingerprint density at radius 3 is 2.72 bits per heavy atom. The summed E-state index contributed by atoms with van der Waals surface area (Å²) >= 11 is 1.61. The summed E-state index contributed by atoms with van der Waals surface area (Å²) in [7, 11) is 0. The molecule has 164 valence electrons. The van der Waals surface area contributed by atoms with E-state index in [2.05, 4.69) is 31.7 Å². The molecule has 0 atom stereocenters. The van der Waals surface area contributed by atoms with Crippen molar-refractivity contribution in [3.8, 4) is 10.6 Å². The van der Waals surface area contributed by atoms with Crippen LogP contribution in [0.1, 0.15) is 5.56 Å². The van der Waals surface area contributed by atoms with Crippen molar-refractivity contribution in [2.45, 2.75) is 6.92 Å². The van der Waals surface area contributed by atoms with Crippen LogP contribution in [0, 0.1) is 12.7 Å². The van der Waals surface area contributed by atoms with Crippen LogP contribution in [0.25, 0.3) is 21.5 Å². The van der Waals surface area contributed by atoms with Gasteiger partial charge in [-0.25, -0.2) is 19.3 Å². The van der Waals surface area contributed by atoms with Crippen LogP contribution in [-0.4, -0.2) is 52.4 Å². The van der Waals surface area contributed by atoms with Crippen LogP contribution in [-0.2, 0) is 4.79 Å². The number of anilines is 2. The fourth-order valence-corrected chi connectivity index (χ4v) is 4.03. The van der Waals surface area contributed by atoms with E-state index >= 15 is 0 Å². The predicted octanol–water partition coefficient (Wildman–Crippen LogP) is 3.99. The molecule has 1 aliphatic rings. The molecule has 1 saturated heterocycles. The first-order valence-corrected chi connectivity index (χ1v) is 11.1. The Balaban J connectivity index is 0.000000260. The molecular weight excluding hydrogens is 427 g/mol. The van der Waals surface area contributed by atoms with Crippen LogP contribution in [0.2, 0.25) is 0 Å². The van der Waals surface area contributed by atoms with E-state index in [4.69, 9.17) is 0 Å². The van der Waals surface area contributed by atoms with Gasteiger partial charge in [0, 0.05) is 60.6 Å². The van der Waals surface area contributed by atoms with Gasteiger partial charge in [0.25, 0.3) is 0 Å². The van der Waals surface area contributed by atoms with Crippen LogP contribution in [0.15, 0.2) is 54.2 Å². The number of benzene rings is 2. The molecule has 2 N–H and O–H groups in total. The molecule has 0 saturated carbocycles. The van der Waals surface area contributed by atoms with Crippen LogP contribution in [0.3, 0.4) is 0 Å². The standard InChI is InChI=1S/C18H13FN4S.C5H10N2O/c1-11-7-16-12(8-15(11)17-20-5-6-24-17)10-21-18(23-16)22-14-4-2-3-13(19)9-14;8-5-7-3-1-6-2-4-7/h2-10H,1H3,(H,21,22,23);5-6H,1-4H2. The maximum atomic E-state index is 13.3. The van der Waals surface area contributed by atoms with Gasteiger partial charge in [0.2, 0.25) is 12.4 Å². The lowest BCUT2D eigenvalue weighted by atomic mass is 10.1. The van der Waals surface area contributed by atoms with E-state index in [1.165, 1.54) is 12.1 Å². The molecule has 0 aliphatic carbocycles. The molecule has 9 heteroatoms. The van der Waals surface area contributed by atoms with Crippen molar-refractivity contribution in [3.05, 3.63) is 65.6 Å². The number of amides is 1. The van der Waals surface area contributed by atoms with Gasteiger partial charge in [-0.05, 0) is 42.8 Å². The summed E-state index contributed by atoms with van der Waals surface area (Å²) < 4.78 is 13.3. The fraction of sp³-hybridized carbons (Fsp3) is 0.217. The van der Waals surface area contributed by atoms with Gasteiger partial charge in [-0.1, -0.05) is 6.07 Å². The summed E-state index contributed by atoms with van der Waals surface area (Å²) in [4.78, 5) is 25.0. The van der Waals surface area contributed by atoms with Crippen molar-refractivity contribution in [3.63, 3.8) is 0 Å². The molecule has 2 aromatic heterocycles. The molecule has 3 heterocycles. The molecule has 32 heavy (non-hydrogen) atoms. The first-order chi connectivity index (χ1) is 15.6. The van der Waals surface area contributed by atoms with E-state index in [1.54, 1.807) is 40.8 Å². The van der Waals surface area contributed by atoms with E-state index in [-0.39, 0.29) is 5.82 Å². The Morgan fingerprint density at radius 1 is 1.19 bits per heavy atom. The zero-order valence-corrected chi connectivity index (χ0v) is 18.4. The molecular formula is C23H23FN6OS. The Bertz CT molecular complexity index is 1190. The average Bonchev–Trinajstić information content (AvgIpc) is 3.34. The zero-order valence-electron chi connectivity index (χ0n) is 17.6. The Hall–Kier alpha value is -3.43. The molecule has 1 aliphatic heterocycles. The second kappa shape index (κ2) is 10.3. The number of halogens is 1. The molecule has 1 amide bonds. The molecule has 0 unspecified atom stereocenters. The van der Waals surface area contributed by atoms with Crippen molar-refractivity contribution in [1.82, 2.24) is 25.2 Å². The van der Waals surface area contributed by atoms with Gasteiger partial charge in [0.1, 0.15) is 10.8 Å². The van der Waals surface area contributed by atoms with E-state index < -0.39 is 0 Å². The molecule has 4 aromatic rings. The zero-order chi connectivity index (χ0) is 22.3. The monoisotopic (exact) mass is 450 g/mol. The van der Waals surface area contributed by atoms with Crippen LogP contribution in [0.5, 0.6) is 0 Å². The van der Waals surface area contributed by atoms with Crippen molar-refractivity contribution >= 4 is 40.3 Å². The normalized spacial score (nSPS) is 13.4. The van der Waals surface area contributed by atoms with Crippen molar-refractivity contribution in [2.75, 3.05) is 31.5 Å². The third-order valence-electron chi connectivity index (χ3n) is 4.97. The number of carbonyl (C=O) groups is 1. The first kappa shape index (κ1) is 21.8. The van der Waals surface area contributed by atoms with E-state index in [0.717, 1.165) is 59.6 Å². The van der Waals surface area contributed by atoms with Crippen LogP contribution < -0.4 is 10.6 Å². The summed E-state index contributed by atoms with van der Waals surface area (Å²) in [5.74, 6) is 0.138. The Morgan fingerprint density at radius 2 is 2.03 bits per heavy atom. The van der Waals surface area contributed by atoms with E-state index in [1.807, 2.05) is 18.4 Å². The van der Waals surface area contributed by atoms with Gasteiger partial charge < -0.3 is 15.5 Å². The smallest absolute Gasteiger partial charge is 0.227 e. The number of piperazine rings is 1.